The van der Waals surface area contributed by atoms with Crippen molar-refractivity contribution in [3.63, 3.8) is 0 Å². The summed E-state index contributed by atoms with van der Waals surface area (Å²) in [5, 5.41) is 6.65. The van der Waals surface area contributed by atoms with Gasteiger partial charge in [-0.1, -0.05) is 12.1 Å². The monoisotopic (exact) mass is 424 g/mol. The molecule has 8 heteroatoms. The maximum Gasteiger partial charge on any atom is 0.410 e. The Hall–Kier alpha value is -2.71. The number of benzene rings is 1. The zero-order chi connectivity index (χ0) is 21.8. The van der Waals surface area contributed by atoms with Crippen LogP contribution in [0.3, 0.4) is 0 Å². The van der Waals surface area contributed by atoms with Crippen LogP contribution in [0.5, 0.6) is 0 Å². The number of amides is 1. The number of piperazine rings is 1. The third-order valence-corrected chi connectivity index (χ3v) is 5.46. The van der Waals surface area contributed by atoms with E-state index in [1.54, 1.807) is 4.90 Å². The normalized spacial score (nSPS) is 17.2. The highest BCUT2D eigenvalue weighted by Gasteiger charge is 2.25. The van der Waals surface area contributed by atoms with Crippen LogP contribution in [0.1, 0.15) is 37.6 Å². The number of carbonyl (C=O) groups excluding carboxylic acids is 1. The molecular formula is C23H32N6O2. The highest BCUT2D eigenvalue weighted by atomic mass is 16.6. The lowest BCUT2D eigenvalue weighted by Gasteiger charge is -2.35. The minimum Gasteiger partial charge on any atom is -0.444 e. The average molecular weight is 425 g/mol. The first-order valence-electron chi connectivity index (χ1n) is 11.0. The maximum atomic E-state index is 12.2. The van der Waals surface area contributed by atoms with E-state index in [4.69, 9.17) is 4.74 Å². The number of aromatic nitrogens is 2. The Morgan fingerprint density at radius 2 is 1.90 bits per heavy atom. The van der Waals surface area contributed by atoms with Gasteiger partial charge >= 0.3 is 6.09 Å². The van der Waals surface area contributed by atoms with Crippen LogP contribution in [0.4, 0.5) is 16.4 Å². The smallest absolute Gasteiger partial charge is 0.410 e. The summed E-state index contributed by atoms with van der Waals surface area (Å²) in [6.07, 6.45) is 2.69. The first-order chi connectivity index (χ1) is 14.9. The molecule has 4 rings (SSSR count). The summed E-state index contributed by atoms with van der Waals surface area (Å²) < 4.78 is 5.47. The lowest BCUT2D eigenvalue weighted by Crippen LogP contribution is -2.49. The fourth-order valence-corrected chi connectivity index (χ4v) is 3.79. The zero-order valence-electron chi connectivity index (χ0n) is 18.6. The van der Waals surface area contributed by atoms with Gasteiger partial charge in [0.05, 0.1) is 5.69 Å². The van der Waals surface area contributed by atoms with E-state index in [2.05, 4.69) is 49.8 Å². The molecular weight excluding hydrogens is 392 g/mol. The molecule has 0 saturated carbocycles. The molecule has 8 nitrogen and oxygen atoms in total. The summed E-state index contributed by atoms with van der Waals surface area (Å²) in [6, 6.07) is 8.38. The molecule has 0 spiro atoms. The first kappa shape index (κ1) is 21.5. The number of nitrogens with one attached hydrogen (secondary N) is 2. The van der Waals surface area contributed by atoms with Crippen molar-refractivity contribution < 1.29 is 9.53 Å². The van der Waals surface area contributed by atoms with Gasteiger partial charge in [-0.25, -0.2) is 14.8 Å². The van der Waals surface area contributed by atoms with Crippen LogP contribution >= 0.6 is 0 Å². The average Bonchev–Trinajstić information content (AvgIpc) is 2.74. The molecule has 2 aliphatic rings. The number of ether oxygens (including phenoxy) is 1. The molecule has 0 radical (unpaired) electrons. The van der Waals surface area contributed by atoms with Crippen molar-refractivity contribution in [1.82, 2.24) is 25.1 Å². The van der Waals surface area contributed by atoms with Crippen molar-refractivity contribution in [1.29, 1.82) is 0 Å². The molecule has 1 amide bonds. The number of hydrogen-bond donors (Lipinski definition) is 2. The first-order valence-corrected chi connectivity index (χ1v) is 11.0. The van der Waals surface area contributed by atoms with Crippen LogP contribution in [-0.4, -0.2) is 64.2 Å². The molecule has 2 aromatic rings. The summed E-state index contributed by atoms with van der Waals surface area (Å²) in [6.45, 7) is 11.4. The van der Waals surface area contributed by atoms with Crippen molar-refractivity contribution >= 4 is 17.7 Å². The van der Waals surface area contributed by atoms with E-state index in [-0.39, 0.29) is 6.09 Å². The van der Waals surface area contributed by atoms with Crippen molar-refractivity contribution in [3.05, 3.63) is 47.3 Å². The van der Waals surface area contributed by atoms with Crippen molar-refractivity contribution in [2.24, 2.45) is 0 Å². The second kappa shape index (κ2) is 9.20. The minimum absolute atomic E-state index is 0.220. The number of rotatable bonds is 4. The van der Waals surface area contributed by atoms with Gasteiger partial charge in [-0.05, 0) is 57.0 Å². The van der Waals surface area contributed by atoms with Gasteiger partial charge in [0.25, 0.3) is 0 Å². The quantitative estimate of drug-likeness (QED) is 0.781. The standard InChI is InChI=1S/C23H32N6O2/c1-23(2,3)31-22(30)29-12-10-28(11-13-29)16-17-4-6-19(7-5-17)26-21-25-14-18-8-9-24-15-20(18)27-21/h4-7,14,24H,8-13,15-16H2,1-3H3,(H,25,26,27). The third-order valence-electron chi connectivity index (χ3n) is 5.46. The molecule has 2 aliphatic heterocycles. The molecule has 1 aromatic carbocycles. The molecule has 1 saturated heterocycles. The minimum atomic E-state index is -0.453. The summed E-state index contributed by atoms with van der Waals surface area (Å²) in [4.78, 5) is 25.4. The Kier molecular flexibility index (Phi) is 6.38. The summed E-state index contributed by atoms with van der Waals surface area (Å²) >= 11 is 0. The van der Waals surface area contributed by atoms with Crippen LogP contribution in [0, 0.1) is 0 Å². The number of nitrogens with zero attached hydrogens (tertiary/aromatic N) is 4. The van der Waals surface area contributed by atoms with Gasteiger partial charge in [0.1, 0.15) is 5.60 Å². The number of hydrogen-bond acceptors (Lipinski definition) is 7. The van der Waals surface area contributed by atoms with E-state index in [9.17, 15) is 4.79 Å². The van der Waals surface area contributed by atoms with Crippen LogP contribution in [-0.2, 0) is 24.2 Å². The van der Waals surface area contributed by atoms with Gasteiger partial charge < -0.3 is 20.3 Å². The van der Waals surface area contributed by atoms with Gasteiger partial charge in [0.2, 0.25) is 5.95 Å². The van der Waals surface area contributed by atoms with Crippen LogP contribution < -0.4 is 10.6 Å². The Morgan fingerprint density at radius 3 is 2.61 bits per heavy atom. The second-order valence-corrected chi connectivity index (χ2v) is 9.16. The predicted octanol–water partition coefficient (Wildman–Crippen LogP) is 2.92. The number of fused-ring (bicyclic) bond motifs is 1. The summed E-state index contributed by atoms with van der Waals surface area (Å²) in [5.41, 5.74) is 4.07. The van der Waals surface area contributed by atoms with Crippen LogP contribution in [0.2, 0.25) is 0 Å². The molecule has 166 valence electrons. The van der Waals surface area contributed by atoms with E-state index in [1.165, 1.54) is 11.1 Å². The highest BCUT2D eigenvalue weighted by Crippen LogP contribution is 2.18. The van der Waals surface area contributed by atoms with Crippen LogP contribution in [0.25, 0.3) is 0 Å². The lowest BCUT2D eigenvalue weighted by molar-refractivity contribution is 0.0139. The summed E-state index contributed by atoms with van der Waals surface area (Å²) in [5.74, 6) is 0.633. The largest absolute Gasteiger partial charge is 0.444 e. The molecule has 0 unspecified atom stereocenters. The third kappa shape index (κ3) is 5.92. The van der Waals surface area contributed by atoms with Gasteiger partial charge in [-0.2, -0.15) is 0 Å². The second-order valence-electron chi connectivity index (χ2n) is 9.16. The SMILES string of the molecule is CC(C)(C)OC(=O)N1CCN(Cc2ccc(Nc3ncc4c(n3)CNCC4)cc2)CC1. The zero-order valence-corrected chi connectivity index (χ0v) is 18.6. The lowest BCUT2D eigenvalue weighted by atomic mass is 10.1. The van der Waals surface area contributed by atoms with E-state index >= 15 is 0 Å². The van der Waals surface area contributed by atoms with E-state index in [1.807, 2.05) is 27.0 Å². The Labute approximate surface area is 184 Å². The molecule has 0 bridgehead atoms. The molecule has 1 aromatic heterocycles. The maximum absolute atomic E-state index is 12.2. The number of carbonyl (C=O) groups is 1. The van der Waals surface area contributed by atoms with E-state index < -0.39 is 5.60 Å². The fourth-order valence-electron chi connectivity index (χ4n) is 3.79. The van der Waals surface area contributed by atoms with Crippen molar-refractivity contribution in [2.45, 2.75) is 45.9 Å². The summed E-state index contributed by atoms with van der Waals surface area (Å²) in [7, 11) is 0. The van der Waals surface area contributed by atoms with Crippen molar-refractivity contribution in [2.75, 3.05) is 38.0 Å². The van der Waals surface area contributed by atoms with Gasteiger partial charge in [0.15, 0.2) is 0 Å². The van der Waals surface area contributed by atoms with Gasteiger partial charge in [-0.3, -0.25) is 4.90 Å². The van der Waals surface area contributed by atoms with E-state index in [0.29, 0.717) is 19.0 Å². The fraction of sp³-hybridized carbons (Fsp3) is 0.522. The molecule has 3 heterocycles. The van der Waals surface area contributed by atoms with E-state index in [0.717, 1.165) is 50.5 Å². The Morgan fingerprint density at radius 1 is 1.16 bits per heavy atom. The van der Waals surface area contributed by atoms with Gasteiger partial charge in [-0.15, -0.1) is 0 Å². The molecule has 1 fully saturated rings. The predicted molar refractivity (Wildman–Crippen MR) is 120 cm³/mol. The Balaban J connectivity index is 1.27. The molecule has 0 atom stereocenters. The Bertz CT molecular complexity index is 901. The van der Waals surface area contributed by atoms with Crippen LogP contribution in [0.15, 0.2) is 30.5 Å². The highest BCUT2D eigenvalue weighted by molar-refractivity contribution is 5.68. The van der Waals surface area contributed by atoms with Gasteiger partial charge in [0, 0.05) is 51.2 Å². The molecule has 2 N–H and O–H groups in total. The van der Waals surface area contributed by atoms with Crippen molar-refractivity contribution in [3.8, 4) is 0 Å². The molecule has 0 aliphatic carbocycles. The number of anilines is 2. The topological polar surface area (TPSA) is 82.6 Å². The molecule has 31 heavy (non-hydrogen) atoms.